The first-order valence-corrected chi connectivity index (χ1v) is 4.09. The van der Waals surface area contributed by atoms with E-state index in [-0.39, 0.29) is 17.9 Å². The molecule has 0 atom stereocenters. The smallest absolute Gasteiger partial charge is 0.0226 e. The highest BCUT2D eigenvalue weighted by Crippen LogP contribution is 2.10. The Morgan fingerprint density at radius 2 is 1.73 bits per heavy atom. The summed E-state index contributed by atoms with van der Waals surface area (Å²) in [7, 11) is 0. The minimum absolute atomic E-state index is 0. The largest absolute Gasteiger partial charge is 0.324 e. The van der Waals surface area contributed by atoms with Crippen molar-refractivity contribution < 1.29 is 0 Å². The Bertz CT molecular complexity index is 103. The van der Waals surface area contributed by atoms with Gasteiger partial charge < -0.3 is 10.6 Å². The lowest BCUT2D eigenvalue weighted by Gasteiger charge is -2.25. The molecule has 68 valence electrons. The zero-order chi connectivity index (χ0) is 7.61. The Labute approximate surface area is 75.5 Å². The van der Waals surface area contributed by atoms with Crippen LogP contribution in [0.4, 0.5) is 0 Å². The number of likely N-dealkylation sites (tertiary alicyclic amines) is 1. The van der Waals surface area contributed by atoms with Gasteiger partial charge in [-0.15, -0.1) is 12.4 Å². The van der Waals surface area contributed by atoms with Crippen LogP contribution >= 0.6 is 12.4 Å². The summed E-state index contributed by atoms with van der Waals surface area (Å²) in [6.45, 7) is 7.73. The highest BCUT2D eigenvalue weighted by atomic mass is 35.5. The average Bonchev–Trinajstić information content (AvgIpc) is 2.12. The quantitative estimate of drug-likeness (QED) is 0.690. The van der Waals surface area contributed by atoms with Crippen LogP contribution in [0.5, 0.6) is 0 Å². The van der Waals surface area contributed by atoms with Crippen molar-refractivity contribution in [2.75, 3.05) is 19.6 Å². The van der Waals surface area contributed by atoms with E-state index in [1.54, 1.807) is 0 Å². The van der Waals surface area contributed by atoms with E-state index < -0.39 is 0 Å². The van der Waals surface area contributed by atoms with E-state index in [0.717, 1.165) is 6.54 Å². The van der Waals surface area contributed by atoms with E-state index >= 15 is 0 Å². The molecule has 0 aromatic carbocycles. The molecule has 1 rings (SSSR count). The van der Waals surface area contributed by atoms with Gasteiger partial charge in [-0.3, -0.25) is 0 Å². The van der Waals surface area contributed by atoms with E-state index in [1.165, 1.54) is 25.9 Å². The van der Waals surface area contributed by atoms with Crippen LogP contribution in [0.2, 0.25) is 0 Å². The first-order valence-electron chi connectivity index (χ1n) is 4.09. The third kappa shape index (κ3) is 4.62. The first-order chi connectivity index (χ1) is 4.58. The molecule has 2 nitrogen and oxygen atoms in total. The molecule has 0 bridgehead atoms. The van der Waals surface area contributed by atoms with Crippen molar-refractivity contribution in [3.05, 3.63) is 0 Å². The first kappa shape index (κ1) is 11.2. The molecule has 0 unspecified atom stereocenters. The molecule has 0 aliphatic carbocycles. The van der Waals surface area contributed by atoms with Gasteiger partial charge in [0.15, 0.2) is 0 Å². The summed E-state index contributed by atoms with van der Waals surface area (Å²) in [4.78, 5) is 2.44. The fourth-order valence-corrected chi connectivity index (χ4v) is 1.52. The molecule has 0 saturated carbocycles. The van der Waals surface area contributed by atoms with E-state index in [0.29, 0.717) is 0 Å². The summed E-state index contributed by atoms with van der Waals surface area (Å²) in [6.07, 6.45) is 2.71. The normalized spacial score (nSPS) is 19.9. The van der Waals surface area contributed by atoms with Gasteiger partial charge in [-0.2, -0.15) is 0 Å². The second-order valence-corrected chi connectivity index (χ2v) is 3.97. The van der Waals surface area contributed by atoms with Gasteiger partial charge in [-0.25, -0.2) is 0 Å². The summed E-state index contributed by atoms with van der Waals surface area (Å²) < 4.78 is 0. The summed E-state index contributed by atoms with van der Waals surface area (Å²) in [5, 5.41) is 0. The van der Waals surface area contributed by atoms with Gasteiger partial charge in [0.05, 0.1) is 0 Å². The van der Waals surface area contributed by atoms with Crippen LogP contribution in [-0.2, 0) is 0 Å². The number of rotatable bonds is 2. The van der Waals surface area contributed by atoms with Crippen molar-refractivity contribution in [3.63, 3.8) is 0 Å². The number of nitrogens with two attached hydrogens (primary N) is 1. The molecule has 1 fully saturated rings. The zero-order valence-corrected chi connectivity index (χ0v) is 8.28. The topological polar surface area (TPSA) is 29.3 Å². The zero-order valence-electron chi connectivity index (χ0n) is 7.47. The number of nitrogens with zero attached hydrogens (tertiary/aromatic N) is 1. The minimum Gasteiger partial charge on any atom is -0.324 e. The molecule has 0 aromatic rings. The number of hydrogen-bond acceptors (Lipinski definition) is 2. The lowest BCUT2D eigenvalue weighted by Crippen LogP contribution is -2.44. The molecule has 11 heavy (non-hydrogen) atoms. The van der Waals surface area contributed by atoms with Crippen LogP contribution in [0.1, 0.15) is 26.7 Å². The molecule has 0 amide bonds. The fourth-order valence-electron chi connectivity index (χ4n) is 1.52. The van der Waals surface area contributed by atoms with E-state index in [2.05, 4.69) is 18.7 Å². The van der Waals surface area contributed by atoms with Crippen molar-refractivity contribution in [1.82, 2.24) is 4.90 Å². The minimum atomic E-state index is -0.00958. The molecular weight excluding hydrogens is 160 g/mol. The standard InChI is InChI=1S/C8H18N2.ClH/c1-8(2,9)7-10-5-3-4-6-10;/h3-7,9H2,1-2H3;1H. The van der Waals surface area contributed by atoms with Gasteiger partial charge in [0.1, 0.15) is 0 Å². The second-order valence-electron chi connectivity index (χ2n) is 3.97. The molecule has 1 saturated heterocycles. The van der Waals surface area contributed by atoms with Gasteiger partial charge in [0, 0.05) is 12.1 Å². The molecule has 0 aromatic heterocycles. The molecule has 1 aliphatic rings. The Balaban J connectivity index is 0.000001000. The number of halogens is 1. The second kappa shape index (κ2) is 4.29. The predicted octanol–water partition coefficient (Wildman–Crippen LogP) is 1.24. The van der Waals surface area contributed by atoms with E-state index in [9.17, 15) is 0 Å². The Kier molecular flexibility index (Phi) is 4.37. The maximum absolute atomic E-state index is 5.87. The van der Waals surface area contributed by atoms with Gasteiger partial charge in [-0.05, 0) is 39.8 Å². The van der Waals surface area contributed by atoms with Crippen LogP contribution in [0.3, 0.4) is 0 Å². The van der Waals surface area contributed by atoms with Crippen LogP contribution in [0.25, 0.3) is 0 Å². The van der Waals surface area contributed by atoms with E-state index in [1.807, 2.05) is 0 Å². The van der Waals surface area contributed by atoms with Crippen molar-refractivity contribution in [3.8, 4) is 0 Å². The number of hydrogen-bond donors (Lipinski definition) is 1. The molecule has 0 spiro atoms. The van der Waals surface area contributed by atoms with Crippen LogP contribution < -0.4 is 5.73 Å². The van der Waals surface area contributed by atoms with Crippen molar-refractivity contribution in [1.29, 1.82) is 0 Å². The molecule has 0 radical (unpaired) electrons. The van der Waals surface area contributed by atoms with Crippen LogP contribution in [-0.4, -0.2) is 30.1 Å². The van der Waals surface area contributed by atoms with Gasteiger partial charge >= 0.3 is 0 Å². The summed E-state index contributed by atoms with van der Waals surface area (Å²) >= 11 is 0. The van der Waals surface area contributed by atoms with Crippen molar-refractivity contribution in [2.45, 2.75) is 32.2 Å². The van der Waals surface area contributed by atoms with Gasteiger partial charge in [0.25, 0.3) is 0 Å². The SMILES string of the molecule is CC(C)(N)CN1CCCC1.Cl. The fraction of sp³-hybridized carbons (Fsp3) is 1.00. The highest BCUT2D eigenvalue weighted by Gasteiger charge is 2.18. The third-order valence-corrected chi connectivity index (χ3v) is 1.83. The maximum Gasteiger partial charge on any atom is 0.0226 e. The third-order valence-electron chi connectivity index (χ3n) is 1.83. The molecule has 1 aliphatic heterocycles. The maximum atomic E-state index is 5.87. The Morgan fingerprint density at radius 1 is 1.27 bits per heavy atom. The molecular formula is C8H19ClN2. The van der Waals surface area contributed by atoms with Gasteiger partial charge in [-0.1, -0.05) is 0 Å². The van der Waals surface area contributed by atoms with Crippen LogP contribution in [0, 0.1) is 0 Å². The molecule has 1 heterocycles. The molecule has 3 heteroatoms. The lowest BCUT2D eigenvalue weighted by atomic mass is 10.1. The summed E-state index contributed by atoms with van der Waals surface area (Å²) in [5.41, 5.74) is 5.86. The summed E-state index contributed by atoms with van der Waals surface area (Å²) in [6, 6.07) is 0. The van der Waals surface area contributed by atoms with Crippen LogP contribution in [0.15, 0.2) is 0 Å². The monoisotopic (exact) mass is 178 g/mol. The Morgan fingerprint density at radius 3 is 2.09 bits per heavy atom. The predicted molar refractivity (Wildman–Crippen MR) is 51.2 cm³/mol. The molecule has 2 N–H and O–H groups in total. The summed E-state index contributed by atoms with van der Waals surface area (Å²) in [5.74, 6) is 0. The van der Waals surface area contributed by atoms with Crippen molar-refractivity contribution >= 4 is 12.4 Å². The van der Waals surface area contributed by atoms with E-state index in [4.69, 9.17) is 5.73 Å². The lowest BCUT2D eigenvalue weighted by molar-refractivity contribution is 0.271. The van der Waals surface area contributed by atoms with Crippen molar-refractivity contribution in [2.24, 2.45) is 5.73 Å². The van der Waals surface area contributed by atoms with Gasteiger partial charge in [0.2, 0.25) is 0 Å². The highest BCUT2D eigenvalue weighted by molar-refractivity contribution is 5.85. The Hall–Kier alpha value is 0.210. The average molecular weight is 179 g/mol.